The van der Waals surface area contributed by atoms with E-state index in [0.29, 0.717) is 61.5 Å². The Bertz CT molecular complexity index is 1910. The monoisotopic (exact) mass is 655 g/mol. The first-order valence-corrected chi connectivity index (χ1v) is 17.0. The largest absolute Gasteiger partial charge is 0.508 e. The van der Waals surface area contributed by atoms with Crippen LogP contribution in [0.15, 0.2) is 30.5 Å². The summed E-state index contributed by atoms with van der Waals surface area (Å²) < 4.78 is 49.4. The quantitative estimate of drug-likeness (QED) is 0.252. The SMILES string of the molecule is C#Cc1c(F)ccc2cc(O)cc(-c3ncc4c(N5CCCOCC5)nc(OCC56CCCC5N(CC5COC5)CCC6)nc4c3F)c12. The minimum absolute atomic E-state index is 0.0180. The highest BCUT2D eigenvalue weighted by molar-refractivity contribution is 6.03. The fourth-order valence-corrected chi connectivity index (χ4v) is 8.39. The second kappa shape index (κ2) is 12.7. The van der Waals surface area contributed by atoms with Crippen LogP contribution in [0.1, 0.15) is 44.1 Å². The Hall–Kier alpha value is -4.11. The Morgan fingerprint density at radius 2 is 1.92 bits per heavy atom. The minimum Gasteiger partial charge on any atom is -0.508 e. The van der Waals surface area contributed by atoms with Crippen molar-refractivity contribution >= 4 is 27.5 Å². The summed E-state index contributed by atoms with van der Waals surface area (Å²) in [5, 5.41) is 11.8. The molecule has 2 unspecified atom stereocenters. The molecule has 250 valence electrons. The van der Waals surface area contributed by atoms with Gasteiger partial charge in [0.2, 0.25) is 0 Å². The molecule has 2 aromatic heterocycles. The maximum absolute atomic E-state index is 16.9. The number of fused-ring (bicyclic) bond motifs is 3. The van der Waals surface area contributed by atoms with Gasteiger partial charge in [0.15, 0.2) is 5.82 Å². The minimum atomic E-state index is -0.727. The number of aromatic nitrogens is 3. The molecule has 2 aromatic carbocycles. The van der Waals surface area contributed by atoms with Crippen molar-refractivity contribution in [2.45, 2.75) is 44.6 Å². The average molecular weight is 656 g/mol. The summed E-state index contributed by atoms with van der Waals surface area (Å²) in [5.74, 6) is 2.05. The molecule has 9 nitrogen and oxygen atoms in total. The summed E-state index contributed by atoms with van der Waals surface area (Å²) in [7, 11) is 0. The lowest BCUT2D eigenvalue weighted by atomic mass is 9.75. The summed E-state index contributed by atoms with van der Waals surface area (Å²) >= 11 is 0. The number of hydrogen-bond acceptors (Lipinski definition) is 9. The molecule has 1 aliphatic carbocycles. The van der Waals surface area contributed by atoms with Gasteiger partial charge in [-0.15, -0.1) is 6.42 Å². The summed E-state index contributed by atoms with van der Waals surface area (Å²) in [6.45, 7) is 6.65. The lowest BCUT2D eigenvalue weighted by Gasteiger charge is -2.48. The van der Waals surface area contributed by atoms with E-state index in [1.54, 1.807) is 0 Å². The van der Waals surface area contributed by atoms with E-state index in [1.165, 1.54) is 30.5 Å². The number of likely N-dealkylation sites (tertiary alicyclic amines) is 1. The van der Waals surface area contributed by atoms with E-state index in [2.05, 4.69) is 25.7 Å². The predicted octanol–water partition coefficient (Wildman–Crippen LogP) is 5.70. The fraction of sp³-hybridized carbons (Fsp3) is 0.486. The number of rotatable bonds is 7. The summed E-state index contributed by atoms with van der Waals surface area (Å²) in [5.41, 5.74) is 0.0660. The molecule has 0 bridgehead atoms. The number of anilines is 1. The molecule has 48 heavy (non-hydrogen) atoms. The maximum Gasteiger partial charge on any atom is 0.319 e. The van der Waals surface area contributed by atoms with Crippen molar-refractivity contribution in [1.29, 1.82) is 0 Å². The lowest BCUT2D eigenvalue weighted by Crippen LogP contribution is -2.54. The Morgan fingerprint density at radius 3 is 2.75 bits per heavy atom. The van der Waals surface area contributed by atoms with Crippen molar-refractivity contribution < 1.29 is 28.1 Å². The first-order chi connectivity index (χ1) is 23.4. The highest BCUT2D eigenvalue weighted by Crippen LogP contribution is 2.48. The van der Waals surface area contributed by atoms with Crippen LogP contribution >= 0.6 is 0 Å². The van der Waals surface area contributed by atoms with Crippen molar-refractivity contribution in [3.05, 3.63) is 47.7 Å². The Kier molecular flexibility index (Phi) is 8.27. The van der Waals surface area contributed by atoms with Crippen molar-refractivity contribution in [3.63, 3.8) is 0 Å². The molecule has 2 atom stereocenters. The van der Waals surface area contributed by atoms with E-state index in [9.17, 15) is 9.50 Å². The Labute approximate surface area is 278 Å². The van der Waals surface area contributed by atoms with Gasteiger partial charge in [0.05, 0.1) is 37.4 Å². The molecule has 3 aliphatic heterocycles. The van der Waals surface area contributed by atoms with Crippen LogP contribution in [0, 0.1) is 35.3 Å². The molecule has 4 aromatic rings. The second-order valence-corrected chi connectivity index (χ2v) is 13.7. The summed E-state index contributed by atoms with van der Waals surface area (Å²) in [6, 6.07) is 6.10. The number of ether oxygens (including phenoxy) is 3. The van der Waals surface area contributed by atoms with E-state index in [1.807, 2.05) is 0 Å². The fourth-order valence-electron chi connectivity index (χ4n) is 8.39. The average Bonchev–Trinajstić information content (AvgIpc) is 3.32. The second-order valence-electron chi connectivity index (χ2n) is 13.7. The Balaban J connectivity index is 1.21. The van der Waals surface area contributed by atoms with Gasteiger partial charge >= 0.3 is 6.01 Å². The first kappa shape index (κ1) is 31.2. The third-order valence-electron chi connectivity index (χ3n) is 10.7. The zero-order chi connectivity index (χ0) is 32.8. The molecular weight excluding hydrogens is 616 g/mol. The standard InChI is InChI=1S/C37H39F2N5O4/c1-2-26-29(38)8-7-24-16-25(45)17-27(31(24)26)33-32(39)34-28(18-40-33)35(43-12-5-14-46-15-13-43)42-36(41-34)48-22-37-9-3-6-30(37)44(11-4-10-37)19-23-20-47-21-23/h1,7-8,16-18,23,30,45H,3-6,9-15,19-22H2. The molecule has 1 N–H and O–H groups in total. The molecule has 1 saturated carbocycles. The zero-order valence-corrected chi connectivity index (χ0v) is 26.9. The lowest BCUT2D eigenvalue weighted by molar-refractivity contribution is -0.0731. The van der Waals surface area contributed by atoms with Crippen molar-refractivity contribution in [3.8, 4) is 35.4 Å². The number of halogens is 2. The molecule has 4 fully saturated rings. The van der Waals surface area contributed by atoms with E-state index in [0.717, 1.165) is 64.8 Å². The number of phenolic OH excluding ortho intramolecular Hbond substituents is 1. The Morgan fingerprint density at radius 1 is 1.04 bits per heavy atom. The van der Waals surface area contributed by atoms with E-state index < -0.39 is 11.6 Å². The first-order valence-electron chi connectivity index (χ1n) is 17.0. The molecule has 0 amide bonds. The smallest absolute Gasteiger partial charge is 0.319 e. The van der Waals surface area contributed by atoms with Gasteiger partial charge < -0.3 is 24.2 Å². The van der Waals surface area contributed by atoms with Crippen LogP contribution in [0.3, 0.4) is 0 Å². The van der Waals surface area contributed by atoms with Gasteiger partial charge in [-0.25, -0.2) is 8.78 Å². The predicted molar refractivity (Wildman–Crippen MR) is 178 cm³/mol. The number of aromatic hydroxyl groups is 1. The maximum atomic E-state index is 16.9. The van der Waals surface area contributed by atoms with E-state index in [-0.39, 0.29) is 44.9 Å². The van der Waals surface area contributed by atoms with Gasteiger partial charge in [0.25, 0.3) is 0 Å². The number of pyridine rings is 1. The van der Waals surface area contributed by atoms with Gasteiger partial charge in [-0.3, -0.25) is 9.88 Å². The van der Waals surface area contributed by atoms with E-state index in [4.69, 9.17) is 25.6 Å². The highest BCUT2D eigenvalue weighted by atomic mass is 19.1. The van der Waals surface area contributed by atoms with Gasteiger partial charge in [0, 0.05) is 60.8 Å². The topological polar surface area (TPSA) is 93.1 Å². The van der Waals surface area contributed by atoms with Crippen molar-refractivity contribution in [1.82, 2.24) is 19.9 Å². The molecular formula is C37H39F2N5O4. The van der Waals surface area contributed by atoms with Crippen molar-refractivity contribution in [2.24, 2.45) is 11.3 Å². The van der Waals surface area contributed by atoms with Crippen LogP contribution in [0.25, 0.3) is 32.9 Å². The van der Waals surface area contributed by atoms with Crippen LogP contribution in [0.4, 0.5) is 14.6 Å². The molecule has 0 spiro atoms. The third kappa shape index (κ3) is 5.50. The summed E-state index contributed by atoms with van der Waals surface area (Å²) in [4.78, 5) is 18.8. The van der Waals surface area contributed by atoms with Crippen LogP contribution in [-0.4, -0.2) is 90.2 Å². The van der Waals surface area contributed by atoms with Crippen LogP contribution < -0.4 is 9.64 Å². The van der Waals surface area contributed by atoms with Gasteiger partial charge in [-0.2, -0.15) is 9.97 Å². The number of benzene rings is 2. The van der Waals surface area contributed by atoms with Gasteiger partial charge in [-0.05, 0) is 62.2 Å². The van der Waals surface area contributed by atoms with Gasteiger partial charge in [-0.1, -0.05) is 18.4 Å². The highest BCUT2D eigenvalue weighted by Gasteiger charge is 2.49. The molecule has 8 rings (SSSR count). The summed E-state index contributed by atoms with van der Waals surface area (Å²) in [6.07, 6.45) is 13.6. The van der Waals surface area contributed by atoms with Crippen LogP contribution in [0.2, 0.25) is 0 Å². The van der Waals surface area contributed by atoms with Crippen molar-refractivity contribution in [2.75, 3.05) is 64.1 Å². The van der Waals surface area contributed by atoms with Gasteiger partial charge in [0.1, 0.15) is 28.6 Å². The molecule has 5 heterocycles. The molecule has 0 radical (unpaired) electrons. The van der Waals surface area contributed by atoms with E-state index >= 15 is 4.39 Å². The number of phenols is 1. The zero-order valence-electron chi connectivity index (χ0n) is 26.9. The van der Waals surface area contributed by atoms with Crippen LogP contribution in [0.5, 0.6) is 11.8 Å². The number of piperidine rings is 1. The van der Waals surface area contributed by atoms with Crippen LogP contribution in [-0.2, 0) is 9.47 Å². The molecule has 11 heteroatoms. The number of terminal acetylenes is 1. The molecule has 4 aliphatic rings. The normalized spacial score (nSPS) is 23.5. The molecule has 3 saturated heterocycles. The number of hydrogen-bond donors (Lipinski definition) is 1. The third-order valence-corrected chi connectivity index (χ3v) is 10.7. The number of nitrogens with zero attached hydrogens (tertiary/aromatic N) is 5.